The Hall–Kier alpha value is -2.40. The van der Waals surface area contributed by atoms with Gasteiger partial charge in [-0.25, -0.2) is 4.48 Å². The first-order valence-electron chi connectivity index (χ1n) is 9.34. The molecule has 5 nitrogen and oxygen atoms in total. The summed E-state index contributed by atoms with van der Waals surface area (Å²) in [6.45, 7) is 5.31. The molecule has 0 N–H and O–H groups in total. The maximum Gasteiger partial charge on any atom is 0.306 e. The van der Waals surface area contributed by atoms with E-state index in [1.807, 2.05) is 18.2 Å². The Kier molecular flexibility index (Phi) is 4.41. The molecular formula is C21H27N3O2+2. The maximum atomic E-state index is 5.64. The second kappa shape index (κ2) is 6.72. The minimum Gasteiger partial charge on any atom is -0.497 e. The Morgan fingerprint density at radius 1 is 0.962 bits per heavy atom. The van der Waals surface area contributed by atoms with Crippen molar-refractivity contribution in [2.75, 3.05) is 34.0 Å². The number of piperidine rings is 1. The zero-order chi connectivity index (χ0) is 18.1. The molecule has 2 aliphatic heterocycles. The summed E-state index contributed by atoms with van der Waals surface area (Å²) >= 11 is 0. The number of azo groups is 2. The Morgan fingerprint density at radius 2 is 1.77 bits per heavy atom. The summed E-state index contributed by atoms with van der Waals surface area (Å²) in [5, 5.41) is 4.99. The third kappa shape index (κ3) is 2.86. The standard InChI is InChI=1S/C21H27N3O2/c1-16-7-10-20-18(13-16)22-23(15-24(20)11-5-4-6-12-24)19-9-8-17(25-2)14-21(19)26-3/h7-10,13-14H,4-6,11-12,15H2,1-3H3/q+2. The summed E-state index contributed by atoms with van der Waals surface area (Å²) in [6.07, 6.45) is 3.85. The van der Waals surface area contributed by atoms with Crippen LogP contribution in [0.15, 0.2) is 41.5 Å². The van der Waals surface area contributed by atoms with Crippen molar-refractivity contribution >= 4 is 17.1 Å². The second-order valence-corrected chi connectivity index (χ2v) is 7.32. The van der Waals surface area contributed by atoms with Gasteiger partial charge < -0.3 is 9.47 Å². The molecule has 1 spiro atoms. The minimum absolute atomic E-state index is 0.791. The number of ether oxygens (including phenoxy) is 2. The number of rotatable bonds is 3. The van der Waals surface area contributed by atoms with Crippen LogP contribution in [0.25, 0.3) is 0 Å². The van der Waals surface area contributed by atoms with E-state index < -0.39 is 0 Å². The van der Waals surface area contributed by atoms with Gasteiger partial charge in [-0.1, -0.05) is 6.07 Å². The number of methoxy groups -OCH3 is 2. The van der Waals surface area contributed by atoms with Gasteiger partial charge in [0.15, 0.2) is 17.1 Å². The van der Waals surface area contributed by atoms with Gasteiger partial charge in [0.1, 0.15) is 5.75 Å². The lowest BCUT2D eigenvalue weighted by Gasteiger charge is -2.39. The number of hydrogen-bond donors (Lipinski definition) is 0. The fourth-order valence-corrected chi connectivity index (χ4v) is 4.24. The van der Waals surface area contributed by atoms with Gasteiger partial charge in [0.05, 0.1) is 27.3 Å². The number of hydrogen-bond acceptors (Lipinski definition) is 3. The molecule has 0 aromatic heterocycles. The first-order valence-corrected chi connectivity index (χ1v) is 9.34. The van der Waals surface area contributed by atoms with Crippen LogP contribution in [-0.2, 0) is 0 Å². The first kappa shape index (κ1) is 17.0. The van der Waals surface area contributed by atoms with Gasteiger partial charge in [0, 0.05) is 23.3 Å². The molecule has 0 saturated carbocycles. The monoisotopic (exact) mass is 353 g/mol. The molecule has 0 amide bonds. The maximum absolute atomic E-state index is 5.64. The molecule has 0 atom stereocenters. The van der Waals surface area contributed by atoms with E-state index in [1.165, 1.54) is 43.6 Å². The van der Waals surface area contributed by atoms with E-state index >= 15 is 0 Å². The lowest BCUT2D eigenvalue weighted by Crippen LogP contribution is -2.56. The van der Waals surface area contributed by atoms with Crippen LogP contribution in [-0.4, -0.2) is 38.7 Å². The number of nitrogens with zero attached hydrogens (tertiary/aromatic N) is 3. The van der Waals surface area contributed by atoms with Crippen LogP contribution in [0.1, 0.15) is 24.8 Å². The molecule has 1 fully saturated rings. The molecule has 136 valence electrons. The van der Waals surface area contributed by atoms with E-state index in [9.17, 15) is 0 Å². The Balaban J connectivity index is 1.85. The van der Waals surface area contributed by atoms with Crippen molar-refractivity contribution in [1.82, 2.24) is 4.48 Å². The average molecular weight is 353 g/mol. The third-order valence-corrected chi connectivity index (χ3v) is 5.61. The summed E-state index contributed by atoms with van der Waals surface area (Å²) in [5.41, 5.74) is 4.67. The highest BCUT2D eigenvalue weighted by Crippen LogP contribution is 2.43. The highest BCUT2D eigenvalue weighted by Gasteiger charge is 2.44. The predicted octanol–water partition coefficient (Wildman–Crippen LogP) is 4.90. The van der Waals surface area contributed by atoms with Crippen molar-refractivity contribution in [1.29, 1.82) is 0 Å². The molecule has 26 heavy (non-hydrogen) atoms. The number of aryl methyl sites for hydroxylation is 1. The van der Waals surface area contributed by atoms with E-state index in [0.29, 0.717) is 0 Å². The summed E-state index contributed by atoms with van der Waals surface area (Å²) in [5.74, 6) is 1.58. The molecule has 2 heterocycles. The van der Waals surface area contributed by atoms with E-state index in [1.54, 1.807) is 14.2 Å². The van der Waals surface area contributed by atoms with Gasteiger partial charge >= 0.3 is 6.67 Å². The van der Waals surface area contributed by atoms with Gasteiger partial charge in [0.25, 0.3) is 5.69 Å². The highest BCUT2D eigenvalue weighted by atomic mass is 16.5. The van der Waals surface area contributed by atoms with Gasteiger partial charge in [-0.2, -0.15) is 0 Å². The van der Waals surface area contributed by atoms with Crippen LogP contribution in [0.4, 0.5) is 17.1 Å². The molecule has 2 aliphatic rings. The summed E-state index contributed by atoms with van der Waals surface area (Å²) < 4.78 is 14.1. The molecule has 1 saturated heterocycles. The molecule has 2 aromatic rings. The van der Waals surface area contributed by atoms with Crippen molar-refractivity contribution in [3.63, 3.8) is 0 Å². The normalized spacial score (nSPS) is 18.2. The second-order valence-electron chi connectivity index (χ2n) is 7.32. The smallest absolute Gasteiger partial charge is 0.306 e. The summed E-state index contributed by atoms with van der Waals surface area (Å²) in [4.78, 5) is 0. The zero-order valence-electron chi connectivity index (χ0n) is 15.9. The molecule has 0 bridgehead atoms. The fraction of sp³-hybridized carbons (Fsp3) is 0.429. The topological polar surface area (TPSA) is 33.8 Å². The van der Waals surface area contributed by atoms with Crippen molar-refractivity contribution in [2.24, 2.45) is 5.11 Å². The molecule has 2 aromatic carbocycles. The Bertz CT molecular complexity index is 854. The van der Waals surface area contributed by atoms with Crippen LogP contribution in [0.2, 0.25) is 0 Å². The Morgan fingerprint density at radius 3 is 2.50 bits per heavy atom. The van der Waals surface area contributed by atoms with E-state index in [4.69, 9.17) is 14.6 Å². The largest absolute Gasteiger partial charge is 0.497 e. The van der Waals surface area contributed by atoms with Crippen LogP contribution in [0.3, 0.4) is 0 Å². The highest BCUT2D eigenvalue weighted by molar-refractivity contribution is 5.66. The van der Waals surface area contributed by atoms with E-state index in [0.717, 1.165) is 34.0 Å². The lowest BCUT2D eigenvalue weighted by atomic mass is 10.0. The number of quaternary nitrogens is 1. The molecule has 4 rings (SSSR count). The Labute approximate surface area is 155 Å². The van der Waals surface area contributed by atoms with Gasteiger partial charge in [-0.3, -0.25) is 0 Å². The van der Waals surface area contributed by atoms with Gasteiger partial charge in [-0.15, -0.1) is 0 Å². The molecule has 0 unspecified atom stereocenters. The van der Waals surface area contributed by atoms with Crippen LogP contribution < -0.4 is 14.0 Å². The van der Waals surface area contributed by atoms with Crippen molar-refractivity contribution in [3.8, 4) is 11.5 Å². The van der Waals surface area contributed by atoms with Crippen LogP contribution in [0.5, 0.6) is 11.5 Å². The van der Waals surface area contributed by atoms with Gasteiger partial charge in [-0.05, 0) is 48.6 Å². The van der Waals surface area contributed by atoms with E-state index in [2.05, 4.69) is 29.8 Å². The SMILES string of the molecule is COc1ccc([N+]2=Nc3cc(C)ccc3[N+]3(CCCCC3)C2)c(OC)c1. The summed E-state index contributed by atoms with van der Waals surface area (Å²) in [6, 6.07) is 12.6. The van der Waals surface area contributed by atoms with Gasteiger partial charge in [0.2, 0.25) is 0 Å². The minimum atomic E-state index is 0.791. The van der Waals surface area contributed by atoms with Crippen molar-refractivity contribution < 1.29 is 14.2 Å². The van der Waals surface area contributed by atoms with Crippen LogP contribution >= 0.6 is 0 Å². The lowest BCUT2D eigenvalue weighted by molar-refractivity contribution is -0.533. The van der Waals surface area contributed by atoms with Crippen molar-refractivity contribution in [2.45, 2.75) is 26.2 Å². The number of benzene rings is 2. The molecular weight excluding hydrogens is 326 g/mol. The van der Waals surface area contributed by atoms with E-state index in [-0.39, 0.29) is 0 Å². The number of fused-ring (bicyclic) bond motifs is 2. The molecule has 0 aliphatic carbocycles. The third-order valence-electron chi connectivity index (χ3n) is 5.61. The molecule has 5 heteroatoms. The summed E-state index contributed by atoms with van der Waals surface area (Å²) in [7, 11) is 3.37. The first-order chi connectivity index (χ1) is 12.6. The van der Waals surface area contributed by atoms with Crippen molar-refractivity contribution in [3.05, 3.63) is 42.0 Å². The zero-order valence-corrected chi connectivity index (χ0v) is 15.9. The predicted molar refractivity (Wildman–Crippen MR) is 103 cm³/mol. The fourth-order valence-electron chi connectivity index (χ4n) is 4.24. The molecule has 0 radical (unpaired) electrons. The quantitative estimate of drug-likeness (QED) is 0.581. The van der Waals surface area contributed by atoms with Crippen LogP contribution in [0, 0.1) is 6.92 Å². The average Bonchev–Trinajstić information content (AvgIpc) is 2.67.